The van der Waals surface area contributed by atoms with E-state index in [-0.39, 0.29) is 12.5 Å². The number of rotatable bonds is 5. The molecule has 1 saturated carbocycles. The van der Waals surface area contributed by atoms with Crippen LogP contribution in [-0.4, -0.2) is 42.2 Å². The van der Waals surface area contributed by atoms with Gasteiger partial charge in [-0.2, -0.15) is 0 Å². The lowest BCUT2D eigenvalue weighted by atomic mass is 9.86. The molecule has 122 valence electrons. The maximum absolute atomic E-state index is 12.2. The number of hydrogen-bond donors (Lipinski definition) is 2. The highest BCUT2D eigenvalue weighted by atomic mass is 35.5. The largest absolute Gasteiger partial charge is 0.396 e. The minimum absolute atomic E-state index is 0.0439. The minimum atomic E-state index is -0.0439. The van der Waals surface area contributed by atoms with E-state index in [0.29, 0.717) is 29.2 Å². The molecule has 2 rings (SSSR count). The zero-order valence-corrected chi connectivity index (χ0v) is 14.1. The van der Waals surface area contributed by atoms with Crippen LogP contribution in [0.2, 0.25) is 5.02 Å². The lowest BCUT2D eigenvalue weighted by Gasteiger charge is -2.33. The van der Waals surface area contributed by atoms with Crippen LogP contribution in [0.5, 0.6) is 0 Å². The lowest BCUT2D eigenvalue weighted by molar-refractivity contribution is -0.117. The predicted molar refractivity (Wildman–Crippen MR) is 90.3 cm³/mol. The maximum atomic E-state index is 12.2. The van der Waals surface area contributed by atoms with Crippen LogP contribution < -0.4 is 5.32 Å². The summed E-state index contributed by atoms with van der Waals surface area (Å²) in [6.45, 7) is 2.61. The van der Waals surface area contributed by atoms with Crippen molar-refractivity contribution in [1.29, 1.82) is 0 Å². The molecule has 0 radical (unpaired) electrons. The number of hydrogen-bond acceptors (Lipinski definition) is 3. The van der Waals surface area contributed by atoms with E-state index in [1.54, 1.807) is 0 Å². The molecule has 22 heavy (non-hydrogen) atoms. The first-order valence-electron chi connectivity index (χ1n) is 7.86. The average Bonchev–Trinajstić information content (AvgIpc) is 2.50. The first-order chi connectivity index (χ1) is 10.5. The summed E-state index contributed by atoms with van der Waals surface area (Å²) in [7, 11) is 1.99. The van der Waals surface area contributed by atoms with Gasteiger partial charge in [0.2, 0.25) is 5.91 Å². The van der Waals surface area contributed by atoms with E-state index in [1.165, 1.54) is 0 Å². The Hall–Kier alpha value is -1.10. The van der Waals surface area contributed by atoms with Gasteiger partial charge in [0.25, 0.3) is 0 Å². The van der Waals surface area contributed by atoms with Crippen molar-refractivity contribution < 1.29 is 9.90 Å². The molecule has 0 spiro atoms. The number of aliphatic hydroxyl groups is 1. The Morgan fingerprint density at radius 1 is 1.36 bits per heavy atom. The van der Waals surface area contributed by atoms with Crippen LogP contribution in [0.15, 0.2) is 18.2 Å². The second kappa shape index (κ2) is 7.95. The predicted octanol–water partition coefficient (Wildman–Crippen LogP) is 3.07. The summed E-state index contributed by atoms with van der Waals surface area (Å²) in [6.07, 6.45) is 4.16. The van der Waals surface area contributed by atoms with Gasteiger partial charge >= 0.3 is 0 Å². The highest BCUT2D eigenvalue weighted by molar-refractivity contribution is 6.33. The second-order valence-corrected chi connectivity index (χ2v) is 6.71. The number of halogens is 1. The van der Waals surface area contributed by atoms with Crippen molar-refractivity contribution in [3.05, 3.63) is 28.8 Å². The van der Waals surface area contributed by atoms with Gasteiger partial charge in [-0.25, -0.2) is 0 Å². The molecule has 1 aliphatic rings. The van der Waals surface area contributed by atoms with Crippen LogP contribution in [-0.2, 0) is 4.79 Å². The third-order valence-electron chi connectivity index (χ3n) is 4.49. The van der Waals surface area contributed by atoms with Gasteiger partial charge in [-0.05, 0) is 63.3 Å². The van der Waals surface area contributed by atoms with E-state index in [4.69, 9.17) is 11.6 Å². The smallest absolute Gasteiger partial charge is 0.238 e. The van der Waals surface area contributed by atoms with E-state index in [0.717, 1.165) is 31.2 Å². The van der Waals surface area contributed by atoms with E-state index in [2.05, 4.69) is 10.2 Å². The van der Waals surface area contributed by atoms with Gasteiger partial charge in [0.1, 0.15) is 0 Å². The van der Waals surface area contributed by atoms with Gasteiger partial charge in [0, 0.05) is 12.6 Å². The number of aliphatic hydroxyl groups excluding tert-OH is 1. The molecule has 1 aromatic carbocycles. The van der Waals surface area contributed by atoms with Crippen LogP contribution in [0.4, 0.5) is 5.69 Å². The van der Waals surface area contributed by atoms with Crippen molar-refractivity contribution in [3.8, 4) is 0 Å². The van der Waals surface area contributed by atoms with Crippen LogP contribution in [0.1, 0.15) is 31.2 Å². The molecule has 5 heteroatoms. The summed E-state index contributed by atoms with van der Waals surface area (Å²) in [5.41, 5.74) is 1.73. The van der Waals surface area contributed by atoms with Gasteiger partial charge in [0.15, 0.2) is 0 Å². The lowest BCUT2D eigenvalue weighted by Crippen LogP contribution is -2.40. The molecule has 0 bridgehead atoms. The molecule has 0 saturated heterocycles. The molecule has 1 aliphatic carbocycles. The maximum Gasteiger partial charge on any atom is 0.238 e. The van der Waals surface area contributed by atoms with Crippen molar-refractivity contribution in [2.45, 2.75) is 38.6 Å². The Balaban J connectivity index is 1.84. The van der Waals surface area contributed by atoms with Gasteiger partial charge in [-0.1, -0.05) is 17.7 Å². The van der Waals surface area contributed by atoms with Crippen molar-refractivity contribution in [1.82, 2.24) is 4.90 Å². The highest BCUT2D eigenvalue weighted by Crippen LogP contribution is 2.27. The number of likely N-dealkylation sites (N-methyl/N-ethyl adjacent to an activating group) is 1. The van der Waals surface area contributed by atoms with E-state index < -0.39 is 0 Å². The summed E-state index contributed by atoms with van der Waals surface area (Å²) in [6, 6.07) is 6.03. The molecule has 2 N–H and O–H groups in total. The monoisotopic (exact) mass is 324 g/mol. The molecule has 1 aromatic rings. The first-order valence-corrected chi connectivity index (χ1v) is 8.24. The zero-order chi connectivity index (χ0) is 16.1. The fourth-order valence-electron chi connectivity index (χ4n) is 3.04. The SMILES string of the molecule is Cc1ccc(NC(=O)CN(C)C2CCC(CO)CC2)c(Cl)c1. The minimum Gasteiger partial charge on any atom is -0.396 e. The Morgan fingerprint density at radius 3 is 2.64 bits per heavy atom. The van der Waals surface area contributed by atoms with Gasteiger partial charge in [-0.15, -0.1) is 0 Å². The molecular weight excluding hydrogens is 300 g/mol. The van der Waals surface area contributed by atoms with E-state index in [9.17, 15) is 9.90 Å². The van der Waals surface area contributed by atoms with Gasteiger partial charge < -0.3 is 10.4 Å². The van der Waals surface area contributed by atoms with Gasteiger partial charge in [0.05, 0.1) is 17.3 Å². The summed E-state index contributed by atoms with van der Waals surface area (Å²) in [5, 5.41) is 12.6. The fraction of sp³-hybridized carbons (Fsp3) is 0.588. The van der Waals surface area contributed by atoms with Gasteiger partial charge in [-0.3, -0.25) is 9.69 Å². The zero-order valence-electron chi connectivity index (χ0n) is 13.3. The highest BCUT2D eigenvalue weighted by Gasteiger charge is 2.24. The van der Waals surface area contributed by atoms with Crippen LogP contribution >= 0.6 is 11.6 Å². The third-order valence-corrected chi connectivity index (χ3v) is 4.80. The topological polar surface area (TPSA) is 52.6 Å². The Bertz CT molecular complexity index is 513. The number of nitrogens with one attached hydrogen (secondary N) is 1. The summed E-state index contributed by atoms with van der Waals surface area (Å²) >= 11 is 6.14. The second-order valence-electron chi connectivity index (χ2n) is 6.30. The third kappa shape index (κ3) is 4.70. The molecule has 1 fully saturated rings. The Labute approximate surface area is 137 Å². The molecule has 0 atom stereocenters. The van der Waals surface area contributed by atoms with Crippen molar-refractivity contribution in [2.24, 2.45) is 5.92 Å². The molecule has 0 unspecified atom stereocenters. The van der Waals surface area contributed by atoms with E-state index >= 15 is 0 Å². The number of benzene rings is 1. The number of nitrogens with zero attached hydrogens (tertiary/aromatic N) is 1. The fourth-order valence-corrected chi connectivity index (χ4v) is 3.32. The number of anilines is 1. The molecule has 0 heterocycles. The standard InChI is InChI=1S/C17H25ClN2O2/c1-12-3-8-16(15(18)9-12)19-17(22)10-20(2)14-6-4-13(11-21)5-7-14/h3,8-9,13-14,21H,4-7,10-11H2,1-2H3,(H,19,22). The van der Waals surface area contributed by atoms with Crippen molar-refractivity contribution in [3.63, 3.8) is 0 Å². The van der Waals surface area contributed by atoms with Crippen LogP contribution in [0.3, 0.4) is 0 Å². The first kappa shape index (κ1) is 17.3. The number of aryl methyl sites for hydroxylation is 1. The summed E-state index contributed by atoms with van der Waals surface area (Å²) < 4.78 is 0. The molecule has 0 aliphatic heterocycles. The van der Waals surface area contributed by atoms with Crippen molar-refractivity contribution in [2.75, 3.05) is 25.5 Å². The summed E-state index contributed by atoms with van der Waals surface area (Å²) in [5.74, 6) is 0.391. The quantitative estimate of drug-likeness (QED) is 0.875. The molecule has 0 aromatic heterocycles. The Kier molecular flexibility index (Phi) is 6.24. The summed E-state index contributed by atoms with van der Waals surface area (Å²) in [4.78, 5) is 14.3. The molecular formula is C17H25ClN2O2. The Morgan fingerprint density at radius 2 is 2.05 bits per heavy atom. The average molecular weight is 325 g/mol. The van der Waals surface area contributed by atoms with Crippen LogP contribution in [0, 0.1) is 12.8 Å². The normalized spacial score (nSPS) is 21.9. The van der Waals surface area contributed by atoms with Crippen LogP contribution in [0.25, 0.3) is 0 Å². The number of amides is 1. The number of carbonyl (C=O) groups is 1. The van der Waals surface area contributed by atoms with E-state index in [1.807, 2.05) is 32.2 Å². The number of carbonyl (C=O) groups excluding carboxylic acids is 1. The molecule has 4 nitrogen and oxygen atoms in total. The molecule has 1 amide bonds. The van der Waals surface area contributed by atoms with Crippen molar-refractivity contribution >= 4 is 23.2 Å².